The van der Waals surface area contributed by atoms with Gasteiger partial charge in [0.25, 0.3) is 0 Å². The van der Waals surface area contributed by atoms with Crippen molar-refractivity contribution >= 4 is 17.5 Å². The number of Topliss-reactive ketones (excluding diaryl/α,β-unsaturated/α-hetero) is 1. The number of benzene rings is 1. The molecule has 6 nitrogen and oxygen atoms in total. The van der Waals surface area contributed by atoms with Gasteiger partial charge in [-0.3, -0.25) is 4.79 Å². The highest BCUT2D eigenvalue weighted by molar-refractivity contribution is 5.96. The number of nitrogens with one attached hydrogen (secondary N) is 1. The summed E-state index contributed by atoms with van der Waals surface area (Å²) in [5.74, 6) is -0.00469. The molecule has 142 valence electrons. The summed E-state index contributed by atoms with van der Waals surface area (Å²) in [6.45, 7) is 5.33. The van der Waals surface area contributed by atoms with Crippen LogP contribution in [-0.2, 0) is 4.74 Å². The van der Waals surface area contributed by atoms with Crippen LogP contribution in [0.4, 0.5) is 10.5 Å². The Morgan fingerprint density at radius 1 is 1.15 bits per heavy atom. The highest BCUT2D eigenvalue weighted by Crippen LogP contribution is 2.22. The first-order valence-corrected chi connectivity index (χ1v) is 9.51. The molecule has 6 heteroatoms. The average Bonchev–Trinajstić information content (AvgIpc) is 2.68. The van der Waals surface area contributed by atoms with Crippen LogP contribution < -0.4 is 5.32 Å². The molecule has 0 radical (unpaired) electrons. The van der Waals surface area contributed by atoms with Crippen molar-refractivity contribution in [2.75, 3.05) is 38.7 Å². The maximum atomic E-state index is 12.6. The molecule has 0 aromatic heterocycles. The lowest BCUT2D eigenvalue weighted by molar-refractivity contribution is 0.0190. The maximum absolute atomic E-state index is 12.6. The van der Waals surface area contributed by atoms with E-state index in [1.807, 2.05) is 18.0 Å². The van der Waals surface area contributed by atoms with Crippen molar-refractivity contribution in [3.63, 3.8) is 0 Å². The minimum absolute atomic E-state index is 0.00469. The zero-order chi connectivity index (χ0) is 18.5. The summed E-state index contributed by atoms with van der Waals surface area (Å²) in [6.07, 6.45) is 4.23. The highest BCUT2D eigenvalue weighted by Gasteiger charge is 2.29. The van der Waals surface area contributed by atoms with E-state index in [9.17, 15) is 9.59 Å². The number of likely N-dealkylation sites (tertiary alicyclic amines) is 1. The van der Waals surface area contributed by atoms with E-state index >= 15 is 0 Å². The lowest BCUT2D eigenvalue weighted by Crippen LogP contribution is -2.50. The van der Waals surface area contributed by atoms with Gasteiger partial charge in [0.2, 0.25) is 0 Å². The molecule has 0 unspecified atom stereocenters. The Bertz CT molecular complexity index is 635. The zero-order valence-corrected chi connectivity index (χ0v) is 15.7. The number of rotatable bonds is 4. The van der Waals surface area contributed by atoms with Gasteiger partial charge >= 0.3 is 6.03 Å². The highest BCUT2D eigenvalue weighted by atomic mass is 16.5. The van der Waals surface area contributed by atoms with E-state index in [1.54, 1.807) is 18.2 Å². The predicted octanol–water partition coefficient (Wildman–Crippen LogP) is 3.00. The Morgan fingerprint density at radius 3 is 2.50 bits per heavy atom. The van der Waals surface area contributed by atoms with Gasteiger partial charge in [0.15, 0.2) is 5.78 Å². The summed E-state index contributed by atoms with van der Waals surface area (Å²) < 4.78 is 5.45. The molecule has 0 saturated carbocycles. The van der Waals surface area contributed by atoms with E-state index in [4.69, 9.17) is 4.74 Å². The number of ketones is 1. The number of hydrogen-bond acceptors (Lipinski definition) is 4. The molecule has 1 aromatic rings. The molecule has 2 fully saturated rings. The number of nitrogens with zero attached hydrogens (tertiary/aromatic N) is 2. The second-order valence-corrected chi connectivity index (χ2v) is 7.29. The molecule has 2 aliphatic heterocycles. The first-order chi connectivity index (χ1) is 12.5. The van der Waals surface area contributed by atoms with Gasteiger partial charge < -0.3 is 19.9 Å². The molecule has 0 spiro atoms. The van der Waals surface area contributed by atoms with E-state index in [0.717, 1.165) is 52.0 Å². The number of carbonyl (C=O) groups is 2. The zero-order valence-electron chi connectivity index (χ0n) is 15.7. The van der Waals surface area contributed by atoms with Crippen molar-refractivity contribution in [1.29, 1.82) is 0 Å². The second-order valence-electron chi connectivity index (χ2n) is 7.29. The van der Waals surface area contributed by atoms with Crippen molar-refractivity contribution < 1.29 is 14.3 Å². The molecular weight excluding hydrogens is 330 g/mol. The van der Waals surface area contributed by atoms with Crippen molar-refractivity contribution in [2.24, 2.45) is 0 Å². The van der Waals surface area contributed by atoms with Gasteiger partial charge in [-0.05, 0) is 44.7 Å². The fraction of sp³-hybridized carbons (Fsp3) is 0.600. The average molecular weight is 359 g/mol. The van der Waals surface area contributed by atoms with Crippen LogP contribution in [-0.4, -0.2) is 67.0 Å². The molecule has 26 heavy (non-hydrogen) atoms. The van der Waals surface area contributed by atoms with Gasteiger partial charge in [0.05, 0.1) is 0 Å². The van der Waals surface area contributed by atoms with Crippen LogP contribution in [0.2, 0.25) is 0 Å². The number of carbonyl (C=O) groups excluding carboxylic acids is 2. The molecule has 0 aliphatic carbocycles. The summed E-state index contributed by atoms with van der Waals surface area (Å²) in [7, 11) is 1.86. The van der Waals surface area contributed by atoms with E-state index < -0.39 is 0 Å². The molecule has 2 amide bonds. The summed E-state index contributed by atoms with van der Waals surface area (Å²) in [5, 5.41) is 2.91. The molecule has 3 rings (SSSR count). The third-order valence-corrected chi connectivity index (χ3v) is 5.59. The van der Waals surface area contributed by atoms with Crippen LogP contribution >= 0.6 is 0 Å². The van der Waals surface area contributed by atoms with Crippen LogP contribution in [0.15, 0.2) is 24.3 Å². The van der Waals surface area contributed by atoms with Crippen molar-refractivity contribution in [2.45, 2.75) is 44.7 Å². The first-order valence-electron chi connectivity index (χ1n) is 9.51. The molecule has 0 bridgehead atoms. The smallest absolute Gasteiger partial charge is 0.321 e. The Hall–Kier alpha value is -1.92. The Balaban J connectivity index is 1.51. The fourth-order valence-corrected chi connectivity index (χ4v) is 3.88. The number of amides is 2. The number of hydrogen-bond donors (Lipinski definition) is 1. The summed E-state index contributed by atoms with van der Waals surface area (Å²) in [6, 6.07) is 7.86. The van der Waals surface area contributed by atoms with Crippen molar-refractivity contribution in [3.05, 3.63) is 29.8 Å². The van der Waals surface area contributed by atoms with Crippen LogP contribution in [0.5, 0.6) is 0 Å². The lowest BCUT2D eigenvalue weighted by Gasteiger charge is -2.41. The van der Waals surface area contributed by atoms with Gasteiger partial charge in [-0.2, -0.15) is 0 Å². The molecule has 2 saturated heterocycles. The third kappa shape index (κ3) is 4.62. The largest absolute Gasteiger partial charge is 0.381 e. The Labute approximate surface area is 155 Å². The van der Waals surface area contributed by atoms with Gasteiger partial charge in [0, 0.05) is 56.7 Å². The Morgan fingerprint density at radius 2 is 1.85 bits per heavy atom. The van der Waals surface area contributed by atoms with Crippen molar-refractivity contribution in [1.82, 2.24) is 9.80 Å². The quantitative estimate of drug-likeness (QED) is 0.840. The molecular formula is C20H29N3O3. The van der Waals surface area contributed by atoms with Crippen LogP contribution in [0, 0.1) is 0 Å². The third-order valence-electron chi connectivity index (χ3n) is 5.59. The summed E-state index contributed by atoms with van der Waals surface area (Å²) in [5.41, 5.74) is 1.27. The summed E-state index contributed by atoms with van der Waals surface area (Å²) in [4.78, 5) is 28.4. The van der Waals surface area contributed by atoms with E-state index in [2.05, 4.69) is 10.2 Å². The first kappa shape index (κ1) is 18.9. The van der Waals surface area contributed by atoms with Gasteiger partial charge in [0.1, 0.15) is 0 Å². The normalized spacial score (nSPS) is 19.9. The molecule has 2 aliphatic rings. The van der Waals surface area contributed by atoms with Gasteiger partial charge in [-0.1, -0.05) is 12.1 Å². The minimum Gasteiger partial charge on any atom is -0.381 e. The number of ether oxygens (including phenoxy) is 1. The number of anilines is 1. The molecule has 0 atom stereocenters. The topological polar surface area (TPSA) is 61.9 Å². The predicted molar refractivity (Wildman–Crippen MR) is 102 cm³/mol. The molecule has 1 aromatic carbocycles. The number of piperidine rings is 1. The summed E-state index contributed by atoms with van der Waals surface area (Å²) >= 11 is 0. The SMILES string of the molecule is CC(=O)c1cccc(NC(=O)N(C)C2CCN(C3CCOCC3)CC2)c1. The van der Waals surface area contributed by atoms with E-state index in [-0.39, 0.29) is 17.9 Å². The maximum Gasteiger partial charge on any atom is 0.321 e. The molecule has 1 N–H and O–H groups in total. The van der Waals surface area contributed by atoms with Gasteiger partial charge in [-0.15, -0.1) is 0 Å². The van der Waals surface area contributed by atoms with Crippen LogP contribution in [0.25, 0.3) is 0 Å². The monoisotopic (exact) mass is 359 g/mol. The van der Waals surface area contributed by atoms with Crippen molar-refractivity contribution in [3.8, 4) is 0 Å². The Kier molecular flexibility index (Phi) is 6.27. The van der Waals surface area contributed by atoms with Crippen LogP contribution in [0.3, 0.4) is 0 Å². The molecule has 2 heterocycles. The lowest BCUT2D eigenvalue weighted by atomic mass is 9.99. The minimum atomic E-state index is -0.116. The van der Waals surface area contributed by atoms with E-state index in [1.165, 1.54) is 6.92 Å². The van der Waals surface area contributed by atoms with Gasteiger partial charge in [-0.25, -0.2) is 4.79 Å². The second kappa shape index (κ2) is 8.64. The van der Waals surface area contributed by atoms with Crippen LogP contribution in [0.1, 0.15) is 43.0 Å². The van der Waals surface area contributed by atoms with E-state index in [0.29, 0.717) is 17.3 Å². The fourth-order valence-electron chi connectivity index (χ4n) is 3.88. The standard InChI is InChI=1S/C20H29N3O3/c1-15(24)16-4-3-5-17(14-16)21-20(25)22(2)18-6-10-23(11-7-18)19-8-12-26-13-9-19/h3-5,14,18-19H,6-13H2,1-2H3,(H,21,25). The number of urea groups is 1.